The number of benzene rings is 1. The van der Waals surface area contributed by atoms with Crippen molar-refractivity contribution in [2.45, 2.75) is 39.2 Å². The Balaban J connectivity index is 1.70. The maximum absolute atomic E-state index is 12.4. The third-order valence-corrected chi connectivity index (χ3v) is 3.87. The molecule has 1 aliphatic carbocycles. The molecule has 0 N–H and O–H groups in total. The maximum atomic E-state index is 12.4. The number of hydrogen-bond donors (Lipinski definition) is 0. The van der Waals surface area contributed by atoms with Crippen LogP contribution in [0.2, 0.25) is 0 Å². The van der Waals surface area contributed by atoms with Crippen molar-refractivity contribution in [3.63, 3.8) is 0 Å². The summed E-state index contributed by atoms with van der Waals surface area (Å²) in [6.45, 7) is 3.27. The molecule has 0 bridgehead atoms. The fraction of sp³-hybridized carbons (Fsp3) is 0.353. The van der Waals surface area contributed by atoms with E-state index < -0.39 is 12.1 Å². The second-order valence-corrected chi connectivity index (χ2v) is 5.58. The molecule has 0 amide bonds. The first-order valence-electron chi connectivity index (χ1n) is 7.35. The second-order valence-electron chi connectivity index (χ2n) is 5.58. The van der Waals surface area contributed by atoms with Gasteiger partial charge in [0, 0.05) is 11.6 Å². The van der Waals surface area contributed by atoms with Crippen molar-refractivity contribution in [3.05, 3.63) is 52.4 Å². The van der Waals surface area contributed by atoms with Crippen LogP contribution in [0.4, 0.5) is 0 Å². The maximum Gasteiger partial charge on any atom is 0.377 e. The number of rotatable bonds is 4. The number of carbonyl (C=O) groups is 2. The van der Waals surface area contributed by atoms with E-state index in [2.05, 4.69) is 5.16 Å². The van der Waals surface area contributed by atoms with E-state index in [1.165, 1.54) is 17.2 Å². The monoisotopic (exact) mass is 299 g/mol. The molecule has 0 fully saturated rings. The van der Waals surface area contributed by atoms with Gasteiger partial charge in [-0.25, -0.2) is 4.79 Å². The molecule has 0 aliphatic heterocycles. The van der Waals surface area contributed by atoms with E-state index in [1.54, 1.807) is 19.9 Å². The van der Waals surface area contributed by atoms with E-state index in [0.29, 0.717) is 11.3 Å². The molecule has 1 atom stereocenters. The molecule has 1 aromatic carbocycles. The van der Waals surface area contributed by atoms with Gasteiger partial charge in [0.15, 0.2) is 6.10 Å². The van der Waals surface area contributed by atoms with Crippen molar-refractivity contribution < 1.29 is 18.8 Å². The smallest absolute Gasteiger partial charge is 0.377 e. The van der Waals surface area contributed by atoms with Crippen LogP contribution in [0.15, 0.2) is 28.8 Å². The van der Waals surface area contributed by atoms with Gasteiger partial charge < -0.3 is 9.26 Å². The lowest BCUT2D eigenvalue weighted by Gasteiger charge is -2.12. The van der Waals surface area contributed by atoms with Gasteiger partial charge in [-0.3, -0.25) is 4.79 Å². The Kier molecular flexibility index (Phi) is 3.79. The first kappa shape index (κ1) is 14.5. The van der Waals surface area contributed by atoms with E-state index in [1.807, 2.05) is 12.1 Å². The zero-order valence-corrected chi connectivity index (χ0v) is 12.6. The number of fused-ring (bicyclic) bond motifs is 1. The van der Waals surface area contributed by atoms with Gasteiger partial charge in [0.1, 0.15) is 0 Å². The first-order valence-corrected chi connectivity index (χ1v) is 7.35. The molecule has 2 aromatic rings. The zero-order valence-electron chi connectivity index (χ0n) is 12.6. The minimum atomic E-state index is -0.864. The fourth-order valence-electron chi connectivity index (χ4n) is 2.69. The average molecular weight is 299 g/mol. The van der Waals surface area contributed by atoms with Gasteiger partial charge in [0.25, 0.3) is 0 Å². The van der Waals surface area contributed by atoms with Crippen LogP contribution in [0.5, 0.6) is 0 Å². The number of ketones is 1. The van der Waals surface area contributed by atoms with Crippen LogP contribution >= 0.6 is 0 Å². The number of aryl methyl sites for hydroxylation is 3. The van der Waals surface area contributed by atoms with Crippen molar-refractivity contribution in [1.82, 2.24) is 5.16 Å². The topological polar surface area (TPSA) is 69.4 Å². The van der Waals surface area contributed by atoms with Crippen LogP contribution in [-0.4, -0.2) is 23.0 Å². The highest BCUT2D eigenvalue weighted by Crippen LogP contribution is 2.23. The predicted molar refractivity (Wildman–Crippen MR) is 78.9 cm³/mol. The van der Waals surface area contributed by atoms with E-state index in [9.17, 15) is 9.59 Å². The minimum absolute atomic E-state index is 0.00565. The van der Waals surface area contributed by atoms with E-state index in [0.717, 1.165) is 19.3 Å². The van der Waals surface area contributed by atoms with Gasteiger partial charge in [-0.2, -0.15) is 0 Å². The summed E-state index contributed by atoms with van der Waals surface area (Å²) in [5.41, 5.74) is 3.69. The van der Waals surface area contributed by atoms with Crippen LogP contribution < -0.4 is 0 Å². The number of Topliss-reactive ketones (excluding diaryl/α,β-unsaturated/α-hetero) is 1. The zero-order chi connectivity index (χ0) is 15.7. The SMILES string of the molecule is Cc1cc(C(=O)O[C@@H](C)C(=O)c2ccc3c(c2)CCC3)on1. The lowest BCUT2D eigenvalue weighted by atomic mass is 10.0. The van der Waals surface area contributed by atoms with Gasteiger partial charge >= 0.3 is 5.97 Å². The van der Waals surface area contributed by atoms with Crippen LogP contribution in [0.3, 0.4) is 0 Å². The second kappa shape index (κ2) is 5.75. The molecule has 1 heterocycles. The molecule has 5 heteroatoms. The van der Waals surface area contributed by atoms with Crippen molar-refractivity contribution in [3.8, 4) is 0 Å². The molecular formula is C17H17NO4. The fourth-order valence-corrected chi connectivity index (χ4v) is 2.69. The molecule has 0 saturated carbocycles. The number of esters is 1. The summed E-state index contributed by atoms with van der Waals surface area (Å²) in [6, 6.07) is 7.18. The van der Waals surface area contributed by atoms with Gasteiger partial charge in [0.2, 0.25) is 11.5 Å². The highest BCUT2D eigenvalue weighted by molar-refractivity contribution is 6.01. The largest absolute Gasteiger partial charge is 0.448 e. The van der Waals surface area contributed by atoms with E-state index >= 15 is 0 Å². The Morgan fingerprint density at radius 2 is 2.00 bits per heavy atom. The van der Waals surface area contributed by atoms with Gasteiger partial charge in [-0.15, -0.1) is 0 Å². The molecule has 3 rings (SSSR count). The normalized spacial score (nSPS) is 14.5. The molecular weight excluding hydrogens is 282 g/mol. The minimum Gasteiger partial charge on any atom is -0.448 e. The van der Waals surface area contributed by atoms with Gasteiger partial charge in [-0.05, 0) is 50.3 Å². The lowest BCUT2D eigenvalue weighted by molar-refractivity contribution is 0.0281. The van der Waals surface area contributed by atoms with E-state index in [4.69, 9.17) is 9.26 Å². The first-order chi connectivity index (χ1) is 10.5. The molecule has 0 spiro atoms. The van der Waals surface area contributed by atoms with Crippen molar-refractivity contribution in [2.75, 3.05) is 0 Å². The number of nitrogens with zero attached hydrogens (tertiary/aromatic N) is 1. The van der Waals surface area contributed by atoms with E-state index in [-0.39, 0.29) is 11.5 Å². The van der Waals surface area contributed by atoms with Crippen molar-refractivity contribution >= 4 is 11.8 Å². The standard InChI is InChI=1S/C17H17NO4/c1-10-8-15(22-18-10)17(20)21-11(2)16(19)14-7-6-12-4-3-5-13(12)9-14/h6-9,11H,3-5H2,1-2H3/t11-/m0/s1. The predicted octanol–water partition coefficient (Wildman–Crippen LogP) is 2.90. The van der Waals surface area contributed by atoms with Gasteiger partial charge in [0.05, 0.1) is 5.69 Å². The average Bonchev–Trinajstić information content (AvgIpc) is 3.13. The van der Waals surface area contributed by atoms with Gasteiger partial charge in [-0.1, -0.05) is 17.3 Å². The molecule has 22 heavy (non-hydrogen) atoms. The quantitative estimate of drug-likeness (QED) is 0.641. The number of aromatic nitrogens is 1. The summed E-state index contributed by atoms with van der Waals surface area (Å²) in [4.78, 5) is 24.3. The van der Waals surface area contributed by atoms with Crippen LogP contribution in [0.25, 0.3) is 0 Å². The highest BCUT2D eigenvalue weighted by Gasteiger charge is 2.23. The summed E-state index contributed by atoms with van der Waals surface area (Å²) in [6.07, 6.45) is 2.33. The summed E-state index contributed by atoms with van der Waals surface area (Å²) >= 11 is 0. The Morgan fingerprint density at radius 3 is 2.73 bits per heavy atom. The Morgan fingerprint density at radius 1 is 1.23 bits per heavy atom. The van der Waals surface area contributed by atoms with Crippen LogP contribution in [0.1, 0.15) is 51.1 Å². The Bertz CT molecular complexity index is 732. The molecule has 114 valence electrons. The Hall–Kier alpha value is -2.43. The molecule has 1 aliphatic rings. The molecule has 0 saturated heterocycles. The third kappa shape index (κ3) is 2.79. The third-order valence-electron chi connectivity index (χ3n) is 3.87. The molecule has 5 nitrogen and oxygen atoms in total. The summed E-state index contributed by atoms with van der Waals surface area (Å²) < 4.78 is 10.0. The van der Waals surface area contributed by atoms with Crippen molar-refractivity contribution in [1.29, 1.82) is 0 Å². The summed E-state index contributed by atoms with van der Waals surface area (Å²) in [5.74, 6) is -0.881. The lowest BCUT2D eigenvalue weighted by Crippen LogP contribution is -2.24. The van der Waals surface area contributed by atoms with Crippen LogP contribution in [-0.2, 0) is 17.6 Å². The number of ether oxygens (including phenoxy) is 1. The number of carbonyl (C=O) groups excluding carboxylic acids is 2. The summed E-state index contributed by atoms with van der Waals surface area (Å²) in [7, 11) is 0. The molecule has 0 unspecified atom stereocenters. The Labute approximate surface area is 128 Å². The number of hydrogen-bond acceptors (Lipinski definition) is 5. The molecule has 1 aromatic heterocycles. The van der Waals surface area contributed by atoms with Crippen LogP contribution in [0, 0.1) is 6.92 Å². The summed E-state index contributed by atoms with van der Waals surface area (Å²) in [5, 5.41) is 3.63. The highest BCUT2D eigenvalue weighted by atomic mass is 16.6. The van der Waals surface area contributed by atoms with Crippen molar-refractivity contribution in [2.24, 2.45) is 0 Å². The molecule has 0 radical (unpaired) electrons.